The molecule has 0 unspecified atom stereocenters. The molecule has 0 aliphatic carbocycles. The van der Waals surface area contributed by atoms with Crippen LogP contribution in [0.4, 0.5) is 10.5 Å². The Morgan fingerprint density at radius 3 is 2.50 bits per heavy atom. The average Bonchev–Trinajstić information content (AvgIpc) is 2.43. The third-order valence-electron chi connectivity index (χ3n) is 3.09. The largest absolute Gasteiger partial charge is 0.334 e. The fourth-order valence-electron chi connectivity index (χ4n) is 1.80. The Balaban J connectivity index is 1.92. The van der Waals surface area contributed by atoms with Crippen LogP contribution >= 0.6 is 11.6 Å². The number of amides is 2. The summed E-state index contributed by atoms with van der Waals surface area (Å²) in [5, 5.41) is 6.26. The SMILES string of the molecule is Cc1ccc(CNC(=O)Nc2cccc(Cl)c2C)cc1. The van der Waals surface area contributed by atoms with Crippen molar-refractivity contribution in [1.82, 2.24) is 5.32 Å². The molecule has 0 bridgehead atoms. The van der Waals surface area contributed by atoms with E-state index in [1.807, 2.05) is 50.2 Å². The zero-order chi connectivity index (χ0) is 14.5. The van der Waals surface area contributed by atoms with Gasteiger partial charge in [-0.2, -0.15) is 0 Å². The second-order valence-corrected chi connectivity index (χ2v) is 5.11. The molecular weight excluding hydrogens is 272 g/mol. The van der Waals surface area contributed by atoms with Gasteiger partial charge >= 0.3 is 6.03 Å². The third kappa shape index (κ3) is 3.75. The summed E-state index contributed by atoms with van der Waals surface area (Å²) in [6.45, 7) is 4.40. The van der Waals surface area contributed by atoms with Crippen molar-refractivity contribution in [3.8, 4) is 0 Å². The highest BCUT2D eigenvalue weighted by atomic mass is 35.5. The molecule has 0 heterocycles. The summed E-state index contributed by atoms with van der Waals surface area (Å²) in [4.78, 5) is 11.9. The topological polar surface area (TPSA) is 41.1 Å². The van der Waals surface area contributed by atoms with Crippen LogP contribution in [0.2, 0.25) is 5.02 Å². The van der Waals surface area contributed by atoms with E-state index < -0.39 is 0 Å². The molecular formula is C16H17ClN2O. The molecule has 0 fully saturated rings. The molecule has 0 radical (unpaired) electrons. The molecule has 2 N–H and O–H groups in total. The van der Waals surface area contributed by atoms with Crippen LogP contribution in [0.3, 0.4) is 0 Å². The number of nitrogens with one attached hydrogen (secondary N) is 2. The molecule has 2 aromatic rings. The summed E-state index contributed by atoms with van der Waals surface area (Å²) in [6, 6.07) is 13.2. The first-order valence-corrected chi connectivity index (χ1v) is 6.79. The Morgan fingerprint density at radius 1 is 1.10 bits per heavy atom. The molecule has 3 nitrogen and oxygen atoms in total. The number of urea groups is 1. The van der Waals surface area contributed by atoms with Crippen LogP contribution in [-0.2, 0) is 6.54 Å². The number of rotatable bonds is 3. The van der Waals surface area contributed by atoms with E-state index in [0.29, 0.717) is 11.6 Å². The summed E-state index contributed by atoms with van der Waals surface area (Å²) in [6.07, 6.45) is 0. The van der Waals surface area contributed by atoms with Crippen molar-refractivity contribution in [2.75, 3.05) is 5.32 Å². The highest BCUT2D eigenvalue weighted by Gasteiger charge is 2.06. The van der Waals surface area contributed by atoms with Crippen molar-refractivity contribution in [2.45, 2.75) is 20.4 Å². The predicted molar refractivity (Wildman–Crippen MR) is 83.2 cm³/mol. The molecule has 0 aliphatic rings. The van der Waals surface area contributed by atoms with Crippen LogP contribution in [0, 0.1) is 13.8 Å². The summed E-state index contributed by atoms with van der Waals surface area (Å²) < 4.78 is 0. The van der Waals surface area contributed by atoms with Crippen LogP contribution in [-0.4, -0.2) is 6.03 Å². The lowest BCUT2D eigenvalue weighted by Crippen LogP contribution is -2.28. The number of hydrogen-bond donors (Lipinski definition) is 2. The molecule has 0 spiro atoms. The fraction of sp³-hybridized carbons (Fsp3) is 0.188. The molecule has 2 rings (SSSR count). The summed E-state index contributed by atoms with van der Waals surface area (Å²) in [5.41, 5.74) is 3.85. The van der Waals surface area contributed by atoms with Crippen LogP contribution in [0.25, 0.3) is 0 Å². The van der Waals surface area contributed by atoms with E-state index in [0.717, 1.165) is 16.8 Å². The van der Waals surface area contributed by atoms with E-state index in [-0.39, 0.29) is 6.03 Å². The average molecular weight is 289 g/mol. The van der Waals surface area contributed by atoms with Gasteiger partial charge in [-0.3, -0.25) is 0 Å². The highest BCUT2D eigenvalue weighted by molar-refractivity contribution is 6.31. The van der Waals surface area contributed by atoms with E-state index in [9.17, 15) is 4.79 Å². The van der Waals surface area contributed by atoms with Gasteiger partial charge in [0.1, 0.15) is 0 Å². The van der Waals surface area contributed by atoms with Crippen molar-refractivity contribution in [1.29, 1.82) is 0 Å². The molecule has 20 heavy (non-hydrogen) atoms. The van der Waals surface area contributed by atoms with Crippen molar-refractivity contribution >= 4 is 23.3 Å². The van der Waals surface area contributed by atoms with E-state index in [1.165, 1.54) is 5.56 Å². The Morgan fingerprint density at radius 2 is 1.80 bits per heavy atom. The third-order valence-corrected chi connectivity index (χ3v) is 3.50. The molecule has 0 saturated heterocycles. The standard InChI is InChI=1S/C16H17ClN2O/c1-11-6-8-13(9-7-11)10-18-16(20)19-15-5-3-4-14(17)12(15)2/h3-9H,10H2,1-2H3,(H2,18,19,20). The van der Waals surface area contributed by atoms with Gasteiger partial charge in [0.25, 0.3) is 0 Å². The summed E-state index contributed by atoms with van der Waals surface area (Å²) >= 11 is 6.01. The van der Waals surface area contributed by atoms with E-state index >= 15 is 0 Å². The number of aryl methyl sites for hydroxylation is 1. The van der Waals surface area contributed by atoms with Crippen molar-refractivity contribution in [3.63, 3.8) is 0 Å². The quantitative estimate of drug-likeness (QED) is 0.869. The monoisotopic (exact) mass is 288 g/mol. The highest BCUT2D eigenvalue weighted by Crippen LogP contribution is 2.22. The Kier molecular flexibility index (Phi) is 4.64. The van der Waals surface area contributed by atoms with Gasteiger partial charge in [-0.1, -0.05) is 47.5 Å². The van der Waals surface area contributed by atoms with Gasteiger partial charge in [-0.25, -0.2) is 4.79 Å². The number of carbonyl (C=O) groups is 1. The Hall–Kier alpha value is -2.00. The van der Waals surface area contributed by atoms with Gasteiger partial charge in [0.2, 0.25) is 0 Å². The van der Waals surface area contributed by atoms with Crippen molar-refractivity contribution in [2.24, 2.45) is 0 Å². The molecule has 0 atom stereocenters. The van der Waals surface area contributed by atoms with Crippen LogP contribution in [0.5, 0.6) is 0 Å². The Labute approximate surface area is 124 Å². The molecule has 4 heteroatoms. The normalized spacial score (nSPS) is 10.2. The first kappa shape index (κ1) is 14.4. The minimum absolute atomic E-state index is 0.240. The molecule has 0 aromatic heterocycles. The smallest absolute Gasteiger partial charge is 0.319 e. The zero-order valence-electron chi connectivity index (χ0n) is 11.5. The van der Waals surface area contributed by atoms with Crippen molar-refractivity contribution in [3.05, 3.63) is 64.2 Å². The molecule has 2 aromatic carbocycles. The van der Waals surface area contributed by atoms with E-state index in [2.05, 4.69) is 10.6 Å². The van der Waals surface area contributed by atoms with Gasteiger partial charge in [-0.05, 0) is 37.1 Å². The molecule has 0 saturated carbocycles. The predicted octanol–water partition coefficient (Wildman–Crippen LogP) is 4.28. The lowest BCUT2D eigenvalue weighted by molar-refractivity contribution is 0.251. The molecule has 104 valence electrons. The van der Waals surface area contributed by atoms with Gasteiger partial charge < -0.3 is 10.6 Å². The number of benzene rings is 2. The van der Waals surface area contributed by atoms with Gasteiger partial charge in [-0.15, -0.1) is 0 Å². The number of carbonyl (C=O) groups excluding carboxylic acids is 1. The first-order valence-electron chi connectivity index (χ1n) is 6.42. The number of hydrogen-bond acceptors (Lipinski definition) is 1. The van der Waals surface area contributed by atoms with Gasteiger partial charge in [0, 0.05) is 17.3 Å². The second kappa shape index (κ2) is 6.44. The van der Waals surface area contributed by atoms with Gasteiger partial charge in [0.05, 0.1) is 0 Å². The fourth-order valence-corrected chi connectivity index (χ4v) is 1.97. The zero-order valence-corrected chi connectivity index (χ0v) is 12.3. The van der Waals surface area contributed by atoms with Gasteiger partial charge in [0.15, 0.2) is 0 Å². The van der Waals surface area contributed by atoms with Crippen LogP contribution in [0.1, 0.15) is 16.7 Å². The molecule has 0 aliphatic heterocycles. The van der Waals surface area contributed by atoms with E-state index in [1.54, 1.807) is 6.07 Å². The number of anilines is 1. The first-order chi connectivity index (χ1) is 9.56. The summed E-state index contributed by atoms with van der Waals surface area (Å²) in [5.74, 6) is 0. The minimum atomic E-state index is -0.240. The Bertz CT molecular complexity index is 608. The molecule has 2 amide bonds. The minimum Gasteiger partial charge on any atom is -0.334 e. The maximum absolute atomic E-state index is 11.9. The lowest BCUT2D eigenvalue weighted by atomic mass is 10.1. The second-order valence-electron chi connectivity index (χ2n) is 4.71. The summed E-state index contributed by atoms with van der Waals surface area (Å²) in [7, 11) is 0. The maximum Gasteiger partial charge on any atom is 0.319 e. The lowest BCUT2D eigenvalue weighted by Gasteiger charge is -2.11. The van der Waals surface area contributed by atoms with Crippen molar-refractivity contribution < 1.29 is 4.79 Å². The van der Waals surface area contributed by atoms with Crippen LogP contribution in [0.15, 0.2) is 42.5 Å². The van der Waals surface area contributed by atoms with Crippen LogP contribution < -0.4 is 10.6 Å². The number of halogens is 1. The maximum atomic E-state index is 11.9. The van der Waals surface area contributed by atoms with E-state index in [4.69, 9.17) is 11.6 Å².